The Labute approximate surface area is 176 Å². The van der Waals surface area contributed by atoms with Gasteiger partial charge in [0.15, 0.2) is 0 Å². The molecule has 1 aromatic heterocycles. The molecule has 6 nitrogen and oxygen atoms in total. The van der Waals surface area contributed by atoms with E-state index in [9.17, 15) is 9.59 Å². The van der Waals surface area contributed by atoms with Crippen LogP contribution < -0.4 is 0 Å². The number of fused-ring (bicyclic) bond motifs is 4. The normalized spacial score (nSPS) is 19.2. The molecule has 1 unspecified atom stereocenters. The summed E-state index contributed by atoms with van der Waals surface area (Å²) in [6.45, 7) is 0.288. The van der Waals surface area contributed by atoms with Gasteiger partial charge in [-0.15, -0.1) is 0 Å². The third-order valence-corrected chi connectivity index (χ3v) is 6.13. The Hall–Kier alpha value is -2.83. The number of amides is 2. The molecule has 5 rings (SSSR count). The van der Waals surface area contributed by atoms with Crippen LogP contribution in [0.4, 0.5) is 0 Å². The van der Waals surface area contributed by atoms with Crippen LogP contribution in [0, 0.1) is 0 Å². The van der Waals surface area contributed by atoms with E-state index in [1.54, 1.807) is 23.1 Å². The second kappa shape index (κ2) is 6.90. The first-order valence-corrected chi connectivity index (χ1v) is 9.96. The van der Waals surface area contributed by atoms with Crippen molar-refractivity contribution in [1.82, 2.24) is 14.9 Å². The van der Waals surface area contributed by atoms with E-state index in [1.807, 2.05) is 24.3 Å². The standard InChI is InChI=1S/C21H16Cl2N4O2/c22-15-5-3-6-16(23)14(15)9-24-27-11-20(28)26-10-18-13(8-19(26)21(27)29)12-4-1-2-7-17(12)25-18/h1-7,9,19,25H,8,10-11H2. The van der Waals surface area contributed by atoms with Crippen LogP contribution in [0.25, 0.3) is 10.9 Å². The van der Waals surface area contributed by atoms with Crippen LogP contribution in [0.1, 0.15) is 16.8 Å². The number of rotatable bonds is 2. The van der Waals surface area contributed by atoms with Gasteiger partial charge >= 0.3 is 0 Å². The van der Waals surface area contributed by atoms with Crippen molar-refractivity contribution in [2.45, 2.75) is 19.0 Å². The predicted octanol–water partition coefficient (Wildman–Crippen LogP) is 3.60. The van der Waals surface area contributed by atoms with Crippen molar-refractivity contribution in [3.63, 3.8) is 0 Å². The number of para-hydroxylation sites is 1. The van der Waals surface area contributed by atoms with Crippen molar-refractivity contribution in [2.24, 2.45) is 5.10 Å². The third kappa shape index (κ3) is 2.99. The number of nitrogens with one attached hydrogen (secondary N) is 1. The molecule has 0 aliphatic carbocycles. The van der Waals surface area contributed by atoms with E-state index in [0.717, 1.165) is 22.2 Å². The lowest BCUT2D eigenvalue weighted by Gasteiger charge is -2.40. The first-order chi connectivity index (χ1) is 14.0. The van der Waals surface area contributed by atoms with E-state index in [4.69, 9.17) is 23.2 Å². The molecule has 2 aromatic carbocycles. The zero-order valence-corrected chi connectivity index (χ0v) is 16.7. The van der Waals surface area contributed by atoms with Crippen LogP contribution in [-0.2, 0) is 22.6 Å². The third-order valence-electron chi connectivity index (χ3n) is 5.47. The van der Waals surface area contributed by atoms with Gasteiger partial charge in [-0.3, -0.25) is 9.59 Å². The van der Waals surface area contributed by atoms with E-state index in [-0.39, 0.29) is 18.4 Å². The molecule has 1 saturated heterocycles. The molecule has 3 aromatic rings. The number of piperazine rings is 1. The van der Waals surface area contributed by atoms with Gasteiger partial charge in [-0.05, 0) is 23.8 Å². The average Bonchev–Trinajstić information content (AvgIpc) is 3.07. The molecule has 0 radical (unpaired) electrons. The summed E-state index contributed by atoms with van der Waals surface area (Å²) in [4.78, 5) is 30.9. The van der Waals surface area contributed by atoms with Crippen LogP contribution in [0.5, 0.6) is 0 Å². The molecule has 0 saturated carbocycles. The van der Waals surface area contributed by atoms with Crippen molar-refractivity contribution in [2.75, 3.05) is 6.54 Å². The predicted molar refractivity (Wildman–Crippen MR) is 112 cm³/mol. The summed E-state index contributed by atoms with van der Waals surface area (Å²) in [5, 5.41) is 7.40. The summed E-state index contributed by atoms with van der Waals surface area (Å²) < 4.78 is 0. The molecule has 8 heteroatoms. The van der Waals surface area contributed by atoms with Gasteiger partial charge in [-0.1, -0.05) is 47.5 Å². The summed E-state index contributed by atoms with van der Waals surface area (Å²) in [5.41, 5.74) is 3.60. The van der Waals surface area contributed by atoms with Gasteiger partial charge < -0.3 is 9.88 Å². The first-order valence-electron chi connectivity index (χ1n) is 9.20. The summed E-state index contributed by atoms with van der Waals surface area (Å²) >= 11 is 12.3. The Balaban J connectivity index is 1.46. The zero-order valence-electron chi connectivity index (χ0n) is 15.2. The number of nitrogens with zero attached hydrogens (tertiary/aromatic N) is 3. The topological polar surface area (TPSA) is 68.8 Å². The Kier molecular flexibility index (Phi) is 4.33. The lowest BCUT2D eigenvalue weighted by molar-refractivity contribution is -0.157. The molecule has 2 amide bonds. The van der Waals surface area contributed by atoms with Crippen molar-refractivity contribution in [3.8, 4) is 0 Å². The lowest BCUT2D eigenvalue weighted by atomic mass is 9.94. The van der Waals surface area contributed by atoms with Crippen LogP contribution >= 0.6 is 23.2 Å². The average molecular weight is 427 g/mol. The number of aromatic amines is 1. The maximum Gasteiger partial charge on any atom is 0.266 e. The number of aromatic nitrogens is 1. The van der Waals surface area contributed by atoms with Gasteiger partial charge in [0.1, 0.15) is 12.6 Å². The summed E-state index contributed by atoms with van der Waals surface area (Å²) in [7, 11) is 0. The van der Waals surface area contributed by atoms with Crippen molar-refractivity contribution >= 4 is 52.1 Å². The second-order valence-electron chi connectivity index (χ2n) is 7.15. The molecule has 1 N–H and O–H groups in total. The quantitative estimate of drug-likeness (QED) is 0.635. The smallest absolute Gasteiger partial charge is 0.266 e. The maximum atomic E-state index is 13.1. The Bertz CT molecular complexity index is 1170. The summed E-state index contributed by atoms with van der Waals surface area (Å²) in [6.07, 6.45) is 1.90. The van der Waals surface area contributed by atoms with Crippen LogP contribution in [0.15, 0.2) is 47.6 Å². The van der Waals surface area contributed by atoms with Crippen molar-refractivity contribution in [3.05, 3.63) is 69.3 Å². The van der Waals surface area contributed by atoms with Crippen LogP contribution in [-0.4, -0.2) is 45.5 Å². The number of hydrogen-bond acceptors (Lipinski definition) is 3. The summed E-state index contributed by atoms with van der Waals surface area (Å²) in [5.74, 6) is -0.346. The number of hydrazone groups is 1. The second-order valence-corrected chi connectivity index (χ2v) is 7.96. The molecule has 2 aliphatic heterocycles. The van der Waals surface area contributed by atoms with Gasteiger partial charge in [0.05, 0.1) is 22.8 Å². The minimum Gasteiger partial charge on any atom is -0.357 e. The Morgan fingerprint density at radius 3 is 2.59 bits per heavy atom. The molecule has 1 fully saturated rings. The van der Waals surface area contributed by atoms with Gasteiger partial charge in [-0.25, -0.2) is 5.01 Å². The van der Waals surface area contributed by atoms with E-state index >= 15 is 0 Å². The molecular formula is C21H16Cl2N4O2. The summed E-state index contributed by atoms with van der Waals surface area (Å²) in [6, 6.07) is 12.5. The fraction of sp³-hybridized carbons (Fsp3) is 0.190. The molecule has 29 heavy (non-hydrogen) atoms. The SMILES string of the molecule is O=C1C2Cc3c([nH]c4ccccc34)CN2C(=O)CN1N=Cc1c(Cl)cccc1Cl. The molecule has 0 bridgehead atoms. The number of benzene rings is 2. The number of hydrogen-bond donors (Lipinski definition) is 1. The van der Waals surface area contributed by atoms with Crippen LogP contribution in [0.2, 0.25) is 10.0 Å². The minimum atomic E-state index is -0.568. The number of H-pyrrole nitrogens is 1. The van der Waals surface area contributed by atoms with E-state index < -0.39 is 6.04 Å². The van der Waals surface area contributed by atoms with Gasteiger partial charge in [0.2, 0.25) is 5.91 Å². The largest absolute Gasteiger partial charge is 0.357 e. The van der Waals surface area contributed by atoms with E-state index in [1.165, 1.54) is 11.2 Å². The van der Waals surface area contributed by atoms with Gasteiger partial charge in [0.25, 0.3) is 5.91 Å². The fourth-order valence-electron chi connectivity index (χ4n) is 4.02. The minimum absolute atomic E-state index is 0.108. The highest BCUT2D eigenvalue weighted by molar-refractivity contribution is 6.38. The molecule has 0 spiro atoms. The Morgan fingerprint density at radius 1 is 1.03 bits per heavy atom. The molecular weight excluding hydrogens is 411 g/mol. The monoisotopic (exact) mass is 426 g/mol. The number of halogens is 2. The zero-order chi connectivity index (χ0) is 20.1. The molecule has 2 aliphatic rings. The van der Waals surface area contributed by atoms with Gasteiger partial charge in [0, 0.05) is 28.6 Å². The lowest BCUT2D eigenvalue weighted by Crippen LogP contribution is -2.60. The number of carbonyl (C=O) groups is 2. The fourth-order valence-corrected chi connectivity index (χ4v) is 4.51. The van der Waals surface area contributed by atoms with E-state index in [2.05, 4.69) is 10.1 Å². The van der Waals surface area contributed by atoms with Gasteiger partial charge in [-0.2, -0.15) is 5.10 Å². The molecule has 146 valence electrons. The highest BCUT2D eigenvalue weighted by atomic mass is 35.5. The van der Waals surface area contributed by atoms with Crippen molar-refractivity contribution in [1.29, 1.82) is 0 Å². The maximum absolute atomic E-state index is 13.1. The van der Waals surface area contributed by atoms with E-state index in [0.29, 0.717) is 28.6 Å². The highest BCUT2D eigenvalue weighted by Crippen LogP contribution is 2.32. The van der Waals surface area contributed by atoms with Crippen molar-refractivity contribution < 1.29 is 9.59 Å². The first kappa shape index (κ1) is 18.2. The Morgan fingerprint density at radius 2 is 1.79 bits per heavy atom. The molecule has 1 atom stereocenters. The number of carbonyl (C=O) groups excluding carboxylic acids is 2. The highest BCUT2D eigenvalue weighted by Gasteiger charge is 2.43. The molecule has 3 heterocycles. The van der Waals surface area contributed by atoms with Crippen LogP contribution in [0.3, 0.4) is 0 Å².